The first-order valence-corrected chi connectivity index (χ1v) is 7.95. The van der Waals surface area contributed by atoms with Gasteiger partial charge in [0.05, 0.1) is 19.5 Å². The van der Waals surface area contributed by atoms with E-state index in [-0.39, 0.29) is 5.41 Å². The molecule has 0 saturated carbocycles. The molecular weight excluding hydrogens is 266 g/mol. The number of ether oxygens (including phenoxy) is 2. The maximum atomic E-state index is 11.2. The summed E-state index contributed by atoms with van der Waals surface area (Å²) in [5.74, 6) is 0. The van der Waals surface area contributed by atoms with Crippen molar-refractivity contribution in [3.63, 3.8) is 0 Å². The van der Waals surface area contributed by atoms with Crippen LogP contribution in [-0.2, 0) is 19.5 Å². The number of hydrogen-bond acceptors (Lipinski definition) is 4. The summed E-state index contributed by atoms with van der Waals surface area (Å²) in [5, 5.41) is 0. The van der Waals surface area contributed by atoms with Crippen molar-refractivity contribution >= 4 is 15.7 Å². The van der Waals surface area contributed by atoms with Gasteiger partial charge in [0, 0.05) is 16.7 Å². The average molecular weight is 285 g/mol. The Morgan fingerprint density at radius 1 is 1.26 bits per heavy atom. The predicted octanol–water partition coefficient (Wildman–Crippen LogP) is 2.13. The number of rotatable bonds is 3. The smallest absolute Gasteiger partial charge is 0.229 e. The van der Waals surface area contributed by atoms with E-state index in [2.05, 4.69) is 18.6 Å². The topological polar surface area (TPSA) is 64.6 Å². The Labute approximate surface area is 114 Å². The lowest BCUT2D eigenvalue weighted by Gasteiger charge is -2.34. The van der Waals surface area contributed by atoms with Crippen LogP contribution in [0.1, 0.15) is 25.7 Å². The maximum Gasteiger partial charge on any atom is 0.229 e. The fraction of sp³-hybridized carbons (Fsp3) is 0.538. The van der Waals surface area contributed by atoms with Crippen molar-refractivity contribution in [1.82, 2.24) is 0 Å². The Balaban J connectivity index is 2.11. The Morgan fingerprint density at radius 3 is 2.47 bits per heavy atom. The quantitative estimate of drug-likeness (QED) is 0.924. The van der Waals surface area contributed by atoms with E-state index in [1.165, 1.54) is 0 Å². The standard InChI is InChI=1S/C13H19NO4S/c1-13(2)8-17-12(18-9-13)10-5-4-6-11(7-10)14-19(3,15)16/h4-7,12,14H,8-9H2,1-3H3. The monoisotopic (exact) mass is 285 g/mol. The highest BCUT2D eigenvalue weighted by atomic mass is 32.2. The van der Waals surface area contributed by atoms with Crippen molar-refractivity contribution in [2.45, 2.75) is 20.1 Å². The van der Waals surface area contributed by atoms with Crippen LogP contribution in [0.5, 0.6) is 0 Å². The Hall–Kier alpha value is -1.11. The lowest BCUT2D eigenvalue weighted by atomic mass is 9.95. The zero-order chi connectivity index (χ0) is 14.1. The van der Waals surface area contributed by atoms with Crippen molar-refractivity contribution in [3.05, 3.63) is 29.8 Å². The summed E-state index contributed by atoms with van der Waals surface area (Å²) in [4.78, 5) is 0. The van der Waals surface area contributed by atoms with Gasteiger partial charge in [0.1, 0.15) is 0 Å². The van der Waals surface area contributed by atoms with Gasteiger partial charge in [-0.3, -0.25) is 4.72 Å². The molecule has 0 aromatic heterocycles. The third-order valence-corrected chi connectivity index (χ3v) is 3.32. The van der Waals surface area contributed by atoms with E-state index in [1.807, 2.05) is 6.07 Å². The molecule has 0 bridgehead atoms. The summed E-state index contributed by atoms with van der Waals surface area (Å²) in [5.41, 5.74) is 1.33. The van der Waals surface area contributed by atoms with Crippen LogP contribution in [0.25, 0.3) is 0 Å². The SMILES string of the molecule is CC1(C)COC(c2cccc(NS(C)(=O)=O)c2)OC1. The van der Waals surface area contributed by atoms with Crippen LogP contribution in [0, 0.1) is 5.41 Å². The fourth-order valence-electron chi connectivity index (χ4n) is 1.85. The Morgan fingerprint density at radius 2 is 1.89 bits per heavy atom. The highest BCUT2D eigenvalue weighted by molar-refractivity contribution is 7.92. The minimum absolute atomic E-state index is 0.0130. The van der Waals surface area contributed by atoms with E-state index in [0.717, 1.165) is 11.8 Å². The second-order valence-corrected chi connectivity index (χ2v) is 7.37. The minimum Gasteiger partial charge on any atom is -0.348 e. The number of nitrogens with one attached hydrogen (secondary N) is 1. The first kappa shape index (κ1) is 14.3. The van der Waals surface area contributed by atoms with Crippen molar-refractivity contribution in [2.24, 2.45) is 5.41 Å². The summed E-state index contributed by atoms with van der Waals surface area (Å²) >= 11 is 0. The molecule has 1 fully saturated rings. The van der Waals surface area contributed by atoms with Crippen LogP contribution < -0.4 is 4.72 Å². The lowest BCUT2D eigenvalue weighted by Crippen LogP contribution is -2.33. The van der Waals surface area contributed by atoms with Crippen LogP contribution in [0.15, 0.2) is 24.3 Å². The number of hydrogen-bond donors (Lipinski definition) is 1. The summed E-state index contributed by atoms with van der Waals surface area (Å²) in [6.07, 6.45) is 0.685. The van der Waals surface area contributed by atoms with Crippen molar-refractivity contribution in [1.29, 1.82) is 0 Å². The molecule has 6 heteroatoms. The van der Waals surface area contributed by atoms with Gasteiger partial charge in [-0.1, -0.05) is 26.0 Å². The van der Waals surface area contributed by atoms with E-state index >= 15 is 0 Å². The van der Waals surface area contributed by atoms with E-state index in [9.17, 15) is 8.42 Å². The molecule has 0 amide bonds. The molecule has 1 aliphatic rings. The van der Waals surface area contributed by atoms with E-state index in [1.54, 1.807) is 18.2 Å². The van der Waals surface area contributed by atoms with Gasteiger partial charge in [-0.25, -0.2) is 8.42 Å². The highest BCUT2D eigenvalue weighted by Crippen LogP contribution is 2.31. The molecule has 106 valence electrons. The fourth-order valence-corrected chi connectivity index (χ4v) is 2.40. The second-order valence-electron chi connectivity index (χ2n) is 5.62. The Bertz CT molecular complexity index is 544. The second kappa shape index (κ2) is 5.11. The Kier molecular flexibility index (Phi) is 3.85. The van der Waals surface area contributed by atoms with Crippen molar-refractivity contribution in [3.8, 4) is 0 Å². The summed E-state index contributed by atoms with van der Waals surface area (Å²) in [6, 6.07) is 7.05. The molecule has 0 unspecified atom stereocenters. The predicted molar refractivity (Wildman–Crippen MR) is 73.3 cm³/mol. The zero-order valence-corrected chi connectivity index (χ0v) is 12.2. The molecule has 1 saturated heterocycles. The highest BCUT2D eigenvalue weighted by Gasteiger charge is 2.29. The van der Waals surface area contributed by atoms with Crippen LogP contribution in [0.2, 0.25) is 0 Å². The lowest BCUT2D eigenvalue weighted by molar-refractivity contribution is -0.226. The van der Waals surface area contributed by atoms with Crippen LogP contribution in [0.3, 0.4) is 0 Å². The molecule has 0 spiro atoms. The third-order valence-electron chi connectivity index (χ3n) is 2.71. The average Bonchev–Trinajstić information content (AvgIpc) is 2.27. The molecular formula is C13H19NO4S. The molecule has 1 aromatic rings. The van der Waals surface area contributed by atoms with Gasteiger partial charge in [-0.05, 0) is 12.1 Å². The largest absolute Gasteiger partial charge is 0.348 e. The number of sulfonamides is 1. The van der Waals surface area contributed by atoms with E-state index < -0.39 is 16.3 Å². The molecule has 1 heterocycles. The van der Waals surface area contributed by atoms with Crippen LogP contribution in [-0.4, -0.2) is 27.9 Å². The molecule has 1 N–H and O–H groups in total. The molecule has 1 aromatic carbocycles. The normalized spacial score (nSPS) is 20.2. The molecule has 0 atom stereocenters. The summed E-state index contributed by atoms with van der Waals surface area (Å²) in [6.45, 7) is 5.37. The van der Waals surface area contributed by atoms with E-state index in [0.29, 0.717) is 18.9 Å². The number of benzene rings is 1. The van der Waals surface area contributed by atoms with Gasteiger partial charge in [0.25, 0.3) is 0 Å². The minimum atomic E-state index is -3.27. The molecule has 1 aliphatic heterocycles. The molecule has 0 aliphatic carbocycles. The third kappa shape index (κ3) is 4.19. The van der Waals surface area contributed by atoms with Crippen molar-refractivity contribution < 1.29 is 17.9 Å². The summed E-state index contributed by atoms with van der Waals surface area (Å²) < 4.78 is 36.2. The molecule has 5 nitrogen and oxygen atoms in total. The van der Waals surface area contributed by atoms with Gasteiger partial charge < -0.3 is 9.47 Å². The summed E-state index contributed by atoms with van der Waals surface area (Å²) in [7, 11) is -3.27. The van der Waals surface area contributed by atoms with Gasteiger partial charge in [-0.15, -0.1) is 0 Å². The number of anilines is 1. The van der Waals surface area contributed by atoms with Gasteiger partial charge >= 0.3 is 0 Å². The van der Waals surface area contributed by atoms with Gasteiger partial charge in [0.15, 0.2) is 6.29 Å². The zero-order valence-electron chi connectivity index (χ0n) is 11.3. The van der Waals surface area contributed by atoms with Crippen molar-refractivity contribution in [2.75, 3.05) is 24.2 Å². The molecule has 19 heavy (non-hydrogen) atoms. The molecule has 0 radical (unpaired) electrons. The van der Waals surface area contributed by atoms with Crippen LogP contribution >= 0.6 is 0 Å². The first-order valence-electron chi connectivity index (χ1n) is 6.06. The van der Waals surface area contributed by atoms with Crippen LogP contribution in [0.4, 0.5) is 5.69 Å². The van der Waals surface area contributed by atoms with Gasteiger partial charge in [-0.2, -0.15) is 0 Å². The maximum absolute atomic E-state index is 11.2. The molecule has 2 rings (SSSR count). The van der Waals surface area contributed by atoms with Gasteiger partial charge in [0.2, 0.25) is 10.0 Å². The van der Waals surface area contributed by atoms with E-state index in [4.69, 9.17) is 9.47 Å². The first-order chi connectivity index (χ1) is 8.75.